The standard InChI is InChI=1S/C17H19FN4O4S/c1-19-17(24)22-14-6-4-13(5-7-14)21-16(23)10-11-20-27(25,26)15-8-2-12(18)3-9-15/h2-9,20H,10-11H2,1H3,(H,21,23)(H2,19,22,24). The molecule has 0 radical (unpaired) electrons. The van der Waals surface area contributed by atoms with Crippen molar-refractivity contribution in [2.45, 2.75) is 11.3 Å². The molecule has 3 amide bonds. The third-order valence-electron chi connectivity index (χ3n) is 3.42. The van der Waals surface area contributed by atoms with Crippen molar-refractivity contribution in [2.75, 3.05) is 24.2 Å². The minimum absolute atomic E-state index is 0.0801. The van der Waals surface area contributed by atoms with E-state index in [-0.39, 0.29) is 29.8 Å². The van der Waals surface area contributed by atoms with E-state index in [1.165, 1.54) is 7.05 Å². The van der Waals surface area contributed by atoms with Crippen LogP contribution in [0.25, 0.3) is 0 Å². The smallest absolute Gasteiger partial charge is 0.318 e. The van der Waals surface area contributed by atoms with E-state index >= 15 is 0 Å². The average Bonchev–Trinajstić information content (AvgIpc) is 2.63. The summed E-state index contributed by atoms with van der Waals surface area (Å²) in [5.41, 5.74) is 1.06. The summed E-state index contributed by atoms with van der Waals surface area (Å²) < 4.78 is 39.2. The number of rotatable bonds is 7. The van der Waals surface area contributed by atoms with Crippen molar-refractivity contribution in [1.29, 1.82) is 0 Å². The van der Waals surface area contributed by atoms with Crippen molar-refractivity contribution < 1.29 is 22.4 Å². The topological polar surface area (TPSA) is 116 Å². The summed E-state index contributed by atoms with van der Waals surface area (Å²) in [6, 6.07) is 10.5. The van der Waals surface area contributed by atoms with Crippen LogP contribution in [0.15, 0.2) is 53.4 Å². The van der Waals surface area contributed by atoms with Crippen LogP contribution in [-0.2, 0) is 14.8 Å². The van der Waals surface area contributed by atoms with E-state index in [4.69, 9.17) is 0 Å². The third-order valence-corrected chi connectivity index (χ3v) is 4.90. The zero-order valence-electron chi connectivity index (χ0n) is 14.5. The van der Waals surface area contributed by atoms with E-state index in [1.807, 2.05) is 0 Å². The molecule has 0 bridgehead atoms. The maximum atomic E-state index is 12.9. The molecule has 2 aromatic carbocycles. The summed E-state index contributed by atoms with van der Waals surface area (Å²) in [5.74, 6) is -0.923. The first-order chi connectivity index (χ1) is 12.8. The third kappa shape index (κ3) is 6.35. The molecule has 144 valence electrons. The van der Waals surface area contributed by atoms with E-state index < -0.39 is 15.8 Å². The van der Waals surface area contributed by atoms with Crippen molar-refractivity contribution in [3.05, 3.63) is 54.3 Å². The molecule has 0 aliphatic carbocycles. The molecule has 0 saturated carbocycles. The van der Waals surface area contributed by atoms with Crippen LogP contribution < -0.4 is 20.7 Å². The Morgan fingerprint density at radius 3 is 2.04 bits per heavy atom. The molecule has 2 rings (SSSR count). The van der Waals surface area contributed by atoms with Gasteiger partial charge in [0.15, 0.2) is 0 Å². The van der Waals surface area contributed by atoms with Crippen LogP contribution in [-0.4, -0.2) is 33.9 Å². The Labute approximate surface area is 156 Å². The van der Waals surface area contributed by atoms with Gasteiger partial charge in [0.1, 0.15) is 5.82 Å². The predicted molar refractivity (Wildman–Crippen MR) is 99.4 cm³/mol. The Balaban J connectivity index is 1.82. The first-order valence-electron chi connectivity index (χ1n) is 7.94. The highest BCUT2D eigenvalue weighted by atomic mass is 32.2. The molecule has 0 saturated heterocycles. The van der Waals surface area contributed by atoms with Crippen LogP contribution in [0.2, 0.25) is 0 Å². The Morgan fingerprint density at radius 1 is 0.926 bits per heavy atom. The first kappa shape index (κ1) is 20.3. The van der Waals surface area contributed by atoms with E-state index in [0.29, 0.717) is 11.4 Å². The second-order valence-corrected chi connectivity index (χ2v) is 7.20. The van der Waals surface area contributed by atoms with Gasteiger partial charge >= 0.3 is 6.03 Å². The molecule has 0 atom stereocenters. The highest BCUT2D eigenvalue weighted by Crippen LogP contribution is 2.14. The van der Waals surface area contributed by atoms with Crippen molar-refractivity contribution in [1.82, 2.24) is 10.0 Å². The Bertz CT molecular complexity index is 900. The number of sulfonamides is 1. The van der Waals surface area contributed by atoms with Crippen LogP contribution in [0.4, 0.5) is 20.6 Å². The quantitative estimate of drug-likeness (QED) is 0.574. The lowest BCUT2D eigenvalue weighted by molar-refractivity contribution is -0.116. The lowest BCUT2D eigenvalue weighted by Crippen LogP contribution is -2.27. The molecule has 10 heteroatoms. The van der Waals surface area contributed by atoms with Gasteiger partial charge in [-0.3, -0.25) is 4.79 Å². The summed E-state index contributed by atoms with van der Waals surface area (Å²) in [4.78, 5) is 23.0. The maximum Gasteiger partial charge on any atom is 0.318 e. The summed E-state index contributed by atoms with van der Waals surface area (Å²) in [7, 11) is -2.31. The van der Waals surface area contributed by atoms with E-state index in [2.05, 4.69) is 20.7 Å². The number of carbonyl (C=O) groups is 2. The van der Waals surface area contributed by atoms with Gasteiger partial charge in [-0.2, -0.15) is 0 Å². The van der Waals surface area contributed by atoms with E-state index in [1.54, 1.807) is 24.3 Å². The molecule has 8 nitrogen and oxygen atoms in total. The molecular weight excluding hydrogens is 375 g/mol. The van der Waals surface area contributed by atoms with Crippen LogP contribution in [0.5, 0.6) is 0 Å². The van der Waals surface area contributed by atoms with Gasteiger partial charge in [0.2, 0.25) is 15.9 Å². The fraction of sp³-hybridized carbons (Fsp3) is 0.176. The first-order valence-corrected chi connectivity index (χ1v) is 9.42. The highest BCUT2D eigenvalue weighted by molar-refractivity contribution is 7.89. The molecule has 0 aliphatic rings. The number of urea groups is 1. The van der Waals surface area contributed by atoms with Gasteiger partial charge in [-0.1, -0.05) is 0 Å². The molecule has 4 N–H and O–H groups in total. The van der Waals surface area contributed by atoms with Gasteiger partial charge in [0.25, 0.3) is 0 Å². The maximum absolute atomic E-state index is 12.9. The second-order valence-electron chi connectivity index (χ2n) is 5.43. The van der Waals surface area contributed by atoms with Crippen LogP contribution >= 0.6 is 0 Å². The van der Waals surface area contributed by atoms with E-state index in [0.717, 1.165) is 24.3 Å². The largest absolute Gasteiger partial charge is 0.341 e. The number of nitrogens with one attached hydrogen (secondary N) is 4. The highest BCUT2D eigenvalue weighted by Gasteiger charge is 2.14. The molecule has 27 heavy (non-hydrogen) atoms. The average molecular weight is 394 g/mol. The van der Waals surface area contributed by atoms with Gasteiger partial charge in [-0.05, 0) is 48.5 Å². The fourth-order valence-corrected chi connectivity index (χ4v) is 3.08. The fourth-order valence-electron chi connectivity index (χ4n) is 2.05. The number of anilines is 2. The van der Waals surface area contributed by atoms with Crippen molar-refractivity contribution in [2.24, 2.45) is 0 Å². The molecule has 0 aromatic heterocycles. The molecule has 0 spiro atoms. The lowest BCUT2D eigenvalue weighted by atomic mass is 10.2. The SMILES string of the molecule is CNC(=O)Nc1ccc(NC(=O)CCNS(=O)(=O)c2ccc(F)cc2)cc1. The lowest BCUT2D eigenvalue weighted by Gasteiger charge is -2.09. The van der Waals surface area contributed by atoms with Gasteiger partial charge < -0.3 is 16.0 Å². The minimum Gasteiger partial charge on any atom is -0.341 e. The zero-order chi connectivity index (χ0) is 19.9. The monoisotopic (exact) mass is 394 g/mol. The summed E-state index contributed by atoms with van der Waals surface area (Å²) in [6.45, 7) is -0.109. The summed E-state index contributed by atoms with van der Waals surface area (Å²) in [6.07, 6.45) is -0.0847. The molecule has 0 fully saturated rings. The molecule has 0 aliphatic heterocycles. The predicted octanol–water partition coefficient (Wildman–Crippen LogP) is 1.88. The van der Waals surface area contributed by atoms with Gasteiger partial charge in [-0.25, -0.2) is 22.3 Å². The van der Waals surface area contributed by atoms with Crippen LogP contribution in [0, 0.1) is 5.82 Å². The van der Waals surface area contributed by atoms with E-state index in [9.17, 15) is 22.4 Å². The molecule has 0 unspecified atom stereocenters. The molecular formula is C17H19FN4O4S. The minimum atomic E-state index is -3.81. The van der Waals surface area contributed by atoms with Crippen molar-refractivity contribution >= 4 is 33.3 Å². The number of amides is 3. The summed E-state index contributed by atoms with van der Waals surface area (Å²) in [5, 5.41) is 7.61. The van der Waals surface area contributed by atoms with Crippen molar-refractivity contribution in [3.63, 3.8) is 0 Å². The summed E-state index contributed by atoms with van der Waals surface area (Å²) >= 11 is 0. The number of hydrogen-bond donors (Lipinski definition) is 4. The Kier molecular flexibility index (Phi) is 6.85. The van der Waals surface area contributed by atoms with Crippen molar-refractivity contribution in [3.8, 4) is 0 Å². The van der Waals surface area contributed by atoms with Gasteiger partial charge in [-0.15, -0.1) is 0 Å². The second kappa shape index (κ2) is 9.10. The van der Waals surface area contributed by atoms with Gasteiger partial charge in [0.05, 0.1) is 4.90 Å². The number of carbonyl (C=O) groups excluding carboxylic acids is 2. The number of hydrogen-bond acceptors (Lipinski definition) is 4. The zero-order valence-corrected chi connectivity index (χ0v) is 15.3. The normalized spacial score (nSPS) is 10.9. The molecule has 0 heterocycles. The van der Waals surface area contributed by atoms with Crippen LogP contribution in [0.1, 0.15) is 6.42 Å². The Hall–Kier alpha value is -2.98. The number of benzene rings is 2. The van der Waals surface area contributed by atoms with Crippen LogP contribution in [0.3, 0.4) is 0 Å². The number of halogens is 1. The molecule has 2 aromatic rings. The Morgan fingerprint density at radius 2 is 1.48 bits per heavy atom. The van der Waals surface area contributed by atoms with Gasteiger partial charge in [0, 0.05) is 31.4 Å².